The molecule has 1 amide bonds. The lowest BCUT2D eigenvalue weighted by atomic mass is 9.87. The summed E-state index contributed by atoms with van der Waals surface area (Å²) in [6, 6.07) is 14.2. The molecule has 2 atom stereocenters. The molecule has 1 fully saturated rings. The number of benzene rings is 1. The Morgan fingerprint density at radius 3 is 2.72 bits per heavy atom. The Bertz CT molecular complexity index is 664. The van der Waals surface area contributed by atoms with Crippen LogP contribution in [0.5, 0.6) is 0 Å². The van der Waals surface area contributed by atoms with Crippen LogP contribution in [0.25, 0.3) is 0 Å². The van der Waals surface area contributed by atoms with E-state index in [1.165, 1.54) is 5.56 Å². The smallest absolute Gasteiger partial charge is 0.223 e. The lowest BCUT2D eigenvalue weighted by molar-refractivity contribution is -0.135. The quantitative estimate of drug-likeness (QED) is 0.860. The van der Waals surface area contributed by atoms with Gasteiger partial charge in [0, 0.05) is 25.0 Å². The summed E-state index contributed by atoms with van der Waals surface area (Å²) in [5, 5.41) is 3.12. The molecule has 4 nitrogen and oxygen atoms in total. The molecule has 1 saturated heterocycles. The summed E-state index contributed by atoms with van der Waals surface area (Å²) in [6.07, 6.45) is 4.10. The van der Waals surface area contributed by atoms with Crippen LogP contribution in [-0.2, 0) is 9.53 Å². The molecule has 0 unspecified atom stereocenters. The molecular weight excluding hydrogens is 314 g/mol. The molecule has 0 bridgehead atoms. The highest BCUT2D eigenvalue weighted by Crippen LogP contribution is 2.30. The van der Waals surface area contributed by atoms with E-state index >= 15 is 0 Å². The van der Waals surface area contributed by atoms with E-state index in [4.69, 9.17) is 9.15 Å². The topological polar surface area (TPSA) is 51.5 Å². The molecular formula is C21H27NO3. The van der Waals surface area contributed by atoms with E-state index in [0.29, 0.717) is 13.2 Å². The zero-order valence-electron chi connectivity index (χ0n) is 15.0. The molecule has 1 N–H and O–H groups in total. The summed E-state index contributed by atoms with van der Waals surface area (Å²) >= 11 is 0. The Balaban J connectivity index is 1.58. The third-order valence-electron chi connectivity index (χ3n) is 4.89. The minimum absolute atomic E-state index is 0.0440. The second kappa shape index (κ2) is 7.87. The zero-order chi connectivity index (χ0) is 17.7. The molecule has 2 heterocycles. The first-order chi connectivity index (χ1) is 12.1. The van der Waals surface area contributed by atoms with Crippen LogP contribution in [0, 0.1) is 5.92 Å². The predicted molar refractivity (Wildman–Crippen MR) is 97.4 cm³/mol. The van der Waals surface area contributed by atoms with Crippen molar-refractivity contribution in [1.82, 2.24) is 5.32 Å². The van der Waals surface area contributed by atoms with Gasteiger partial charge in [0.05, 0.1) is 11.9 Å². The third-order valence-corrected chi connectivity index (χ3v) is 4.89. The first-order valence-corrected chi connectivity index (χ1v) is 9.05. The van der Waals surface area contributed by atoms with Crippen molar-refractivity contribution in [2.45, 2.75) is 44.6 Å². The van der Waals surface area contributed by atoms with E-state index in [0.717, 1.165) is 25.0 Å². The predicted octanol–water partition coefficient (Wildman–Crippen LogP) is 4.12. The van der Waals surface area contributed by atoms with Gasteiger partial charge < -0.3 is 14.5 Å². The van der Waals surface area contributed by atoms with Gasteiger partial charge in [-0.2, -0.15) is 0 Å². The summed E-state index contributed by atoms with van der Waals surface area (Å²) < 4.78 is 11.3. The first-order valence-electron chi connectivity index (χ1n) is 9.05. The van der Waals surface area contributed by atoms with Gasteiger partial charge in [0.1, 0.15) is 5.76 Å². The van der Waals surface area contributed by atoms with Crippen molar-refractivity contribution in [2.75, 3.05) is 13.2 Å². The van der Waals surface area contributed by atoms with Gasteiger partial charge in [0.25, 0.3) is 0 Å². The fraction of sp³-hybridized carbons (Fsp3) is 0.476. The average Bonchev–Trinajstić information content (AvgIpc) is 3.12. The van der Waals surface area contributed by atoms with Crippen LogP contribution in [0.1, 0.15) is 50.4 Å². The Hall–Kier alpha value is -2.07. The number of nitrogens with one attached hydrogen (secondary N) is 1. The maximum atomic E-state index is 12.5. The number of hydrogen-bond acceptors (Lipinski definition) is 3. The molecule has 2 aromatic rings. The summed E-state index contributed by atoms with van der Waals surface area (Å²) in [4.78, 5) is 12.5. The first kappa shape index (κ1) is 17.7. The van der Waals surface area contributed by atoms with Crippen LogP contribution < -0.4 is 5.32 Å². The van der Waals surface area contributed by atoms with Gasteiger partial charge in [0.15, 0.2) is 0 Å². The molecule has 0 aliphatic carbocycles. The van der Waals surface area contributed by atoms with Crippen molar-refractivity contribution < 1.29 is 13.9 Å². The Morgan fingerprint density at radius 1 is 1.24 bits per heavy atom. The Kier molecular flexibility index (Phi) is 5.59. The fourth-order valence-corrected chi connectivity index (χ4v) is 3.59. The van der Waals surface area contributed by atoms with Gasteiger partial charge in [-0.05, 0) is 50.8 Å². The van der Waals surface area contributed by atoms with Crippen molar-refractivity contribution in [3.05, 3.63) is 60.1 Å². The van der Waals surface area contributed by atoms with E-state index in [9.17, 15) is 4.79 Å². The second-order valence-corrected chi connectivity index (χ2v) is 7.36. The summed E-state index contributed by atoms with van der Waals surface area (Å²) in [6.45, 7) is 5.39. The summed E-state index contributed by atoms with van der Waals surface area (Å²) in [7, 11) is 0. The van der Waals surface area contributed by atoms with Crippen molar-refractivity contribution in [3.63, 3.8) is 0 Å². The molecule has 0 saturated carbocycles. The van der Waals surface area contributed by atoms with Crippen LogP contribution in [0.2, 0.25) is 0 Å². The van der Waals surface area contributed by atoms with Gasteiger partial charge in [0.2, 0.25) is 5.91 Å². The van der Waals surface area contributed by atoms with Gasteiger partial charge in [-0.25, -0.2) is 0 Å². The lowest BCUT2D eigenvalue weighted by Crippen LogP contribution is -2.41. The molecule has 134 valence electrons. The average molecular weight is 341 g/mol. The van der Waals surface area contributed by atoms with Crippen LogP contribution in [0.4, 0.5) is 0 Å². The number of rotatable bonds is 6. The van der Waals surface area contributed by atoms with Crippen molar-refractivity contribution >= 4 is 5.91 Å². The molecule has 1 aliphatic heterocycles. The van der Waals surface area contributed by atoms with Crippen molar-refractivity contribution in [2.24, 2.45) is 5.92 Å². The monoisotopic (exact) mass is 341 g/mol. The number of ether oxygens (including phenoxy) is 1. The van der Waals surface area contributed by atoms with Crippen molar-refractivity contribution in [3.8, 4) is 0 Å². The minimum Gasteiger partial charge on any atom is -0.469 e. The third kappa shape index (κ3) is 4.73. The number of carbonyl (C=O) groups is 1. The van der Waals surface area contributed by atoms with E-state index in [-0.39, 0.29) is 23.3 Å². The maximum absolute atomic E-state index is 12.5. The normalized spacial score (nSPS) is 20.8. The van der Waals surface area contributed by atoms with E-state index in [2.05, 4.69) is 31.3 Å². The standard InChI is InChI=1S/C21H27NO3/c1-21(2)15-17(11-14-25-21)20(23)22-12-10-18(19-9-6-13-24-19)16-7-4-3-5-8-16/h3-9,13,17-18H,10-12,14-15H2,1-2H3,(H,22,23)/t17-,18-/m1/s1. The van der Waals surface area contributed by atoms with E-state index in [1.54, 1.807) is 6.26 Å². The number of amides is 1. The molecule has 1 aliphatic rings. The Morgan fingerprint density at radius 2 is 2.04 bits per heavy atom. The van der Waals surface area contributed by atoms with E-state index < -0.39 is 0 Å². The molecule has 1 aromatic carbocycles. The van der Waals surface area contributed by atoms with Crippen molar-refractivity contribution in [1.29, 1.82) is 0 Å². The van der Waals surface area contributed by atoms with Gasteiger partial charge in [-0.15, -0.1) is 0 Å². The highest BCUT2D eigenvalue weighted by Gasteiger charge is 2.32. The minimum atomic E-state index is -0.207. The number of furan rings is 1. The van der Waals surface area contributed by atoms with Crippen LogP contribution in [0.3, 0.4) is 0 Å². The molecule has 3 rings (SSSR count). The second-order valence-electron chi connectivity index (χ2n) is 7.36. The summed E-state index contributed by atoms with van der Waals surface area (Å²) in [5.41, 5.74) is 1.000. The SMILES string of the molecule is CC1(C)C[C@H](C(=O)NCC[C@H](c2ccccc2)c2ccco2)CCO1. The fourth-order valence-electron chi connectivity index (χ4n) is 3.59. The highest BCUT2D eigenvalue weighted by atomic mass is 16.5. The van der Waals surface area contributed by atoms with E-state index in [1.807, 2.05) is 30.3 Å². The lowest BCUT2D eigenvalue weighted by Gasteiger charge is -2.34. The molecule has 25 heavy (non-hydrogen) atoms. The number of hydrogen-bond donors (Lipinski definition) is 1. The van der Waals surface area contributed by atoms with Crippen LogP contribution in [0.15, 0.2) is 53.1 Å². The number of carbonyl (C=O) groups excluding carboxylic acids is 1. The molecule has 1 aromatic heterocycles. The van der Waals surface area contributed by atoms with Gasteiger partial charge in [-0.1, -0.05) is 30.3 Å². The zero-order valence-corrected chi connectivity index (χ0v) is 15.0. The summed E-state index contributed by atoms with van der Waals surface area (Å²) in [5.74, 6) is 1.28. The molecule has 0 radical (unpaired) electrons. The maximum Gasteiger partial charge on any atom is 0.223 e. The van der Waals surface area contributed by atoms with Gasteiger partial charge >= 0.3 is 0 Å². The van der Waals surface area contributed by atoms with Crippen LogP contribution in [-0.4, -0.2) is 24.7 Å². The molecule has 0 spiro atoms. The van der Waals surface area contributed by atoms with Crippen LogP contribution >= 0.6 is 0 Å². The molecule has 4 heteroatoms. The van der Waals surface area contributed by atoms with Gasteiger partial charge in [-0.3, -0.25) is 4.79 Å². The Labute approximate surface area is 149 Å². The largest absolute Gasteiger partial charge is 0.469 e. The highest BCUT2D eigenvalue weighted by molar-refractivity contribution is 5.78.